The Bertz CT molecular complexity index is 740. The van der Waals surface area contributed by atoms with E-state index >= 15 is 0 Å². The summed E-state index contributed by atoms with van der Waals surface area (Å²) < 4.78 is 10.8. The maximum absolute atomic E-state index is 11.9. The first kappa shape index (κ1) is 20.5. The van der Waals surface area contributed by atoms with Gasteiger partial charge in [-0.1, -0.05) is 29.8 Å². The Balaban J connectivity index is 1.58. The average molecular weight is 369 g/mol. The summed E-state index contributed by atoms with van der Waals surface area (Å²) in [6.45, 7) is 3.18. The molecule has 0 aromatic heterocycles. The average Bonchev–Trinajstić information content (AvgIpc) is 2.69. The maximum atomic E-state index is 11.9. The summed E-state index contributed by atoms with van der Waals surface area (Å²) in [6.07, 6.45) is 3.89. The van der Waals surface area contributed by atoms with Gasteiger partial charge in [0.05, 0.1) is 19.3 Å². The largest absolute Gasteiger partial charge is 0.496 e. The molecule has 27 heavy (non-hydrogen) atoms. The number of hydrogen-bond acceptors (Lipinski definition) is 4. The Morgan fingerprint density at radius 1 is 1.07 bits per heavy atom. The SMILES string of the molecule is COc1cc(OCCCCCC(=O)NCc2ccc(C)cc2)ccc1C=O. The molecule has 5 heteroatoms. The zero-order valence-electron chi connectivity index (χ0n) is 16.0. The molecular weight excluding hydrogens is 342 g/mol. The minimum Gasteiger partial charge on any atom is -0.496 e. The van der Waals surface area contributed by atoms with E-state index < -0.39 is 0 Å². The Morgan fingerprint density at radius 3 is 2.56 bits per heavy atom. The van der Waals surface area contributed by atoms with Gasteiger partial charge >= 0.3 is 0 Å². The third-order valence-corrected chi connectivity index (χ3v) is 4.26. The monoisotopic (exact) mass is 369 g/mol. The molecule has 0 heterocycles. The fourth-order valence-electron chi connectivity index (χ4n) is 2.63. The van der Waals surface area contributed by atoms with Gasteiger partial charge < -0.3 is 14.8 Å². The van der Waals surface area contributed by atoms with Crippen LogP contribution in [0.4, 0.5) is 0 Å². The minimum absolute atomic E-state index is 0.0747. The van der Waals surface area contributed by atoms with E-state index in [1.165, 1.54) is 12.7 Å². The molecule has 2 rings (SSSR count). The molecule has 0 aliphatic rings. The fraction of sp³-hybridized carbons (Fsp3) is 0.364. The Morgan fingerprint density at radius 2 is 1.85 bits per heavy atom. The highest BCUT2D eigenvalue weighted by atomic mass is 16.5. The number of unbranched alkanes of at least 4 members (excludes halogenated alkanes) is 2. The van der Waals surface area contributed by atoms with Crippen molar-refractivity contribution in [1.82, 2.24) is 5.32 Å². The van der Waals surface area contributed by atoms with Crippen molar-refractivity contribution in [3.8, 4) is 11.5 Å². The van der Waals surface area contributed by atoms with Gasteiger partial charge in [-0.25, -0.2) is 0 Å². The van der Waals surface area contributed by atoms with Gasteiger partial charge in [-0.05, 0) is 43.9 Å². The number of hydrogen-bond donors (Lipinski definition) is 1. The number of carbonyl (C=O) groups excluding carboxylic acids is 2. The number of aldehydes is 1. The van der Waals surface area contributed by atoms with Gasteiger partial charge in [0.25, 0.3) is 0 Å². The molecule has 0 spiro atoms. The Labute approximate surface area is 160 Å². The van der Waals surface area contributed by atoms with Gasteiger partial charge in [0.15, 0.2) is 6.29 Å². The van der Waals surface area contributed by atoms with Gasteiger partial charge in [0.2, 0.25) is 5.91 Å². The van der Waals surface area contributed by atoms with Gasteiger partial charge in [-0.3, -0.25) is 9.59 Å². The lowest BCUT2D eigenvalue weighted by atomic mass is 10.1. The van der Waals surface area contributed by atoms with E-state index in [4.69, 9.17) is 9.47 Å². The molecule has 0 fully saturated rings. The van der Waals surface area contributed by atoms with Crippen molar-refractivity contribution in [2.24, 2.45) is 0 Å². The summed E-state index contributed by atoms with van der Waals surface area (Å²) in [4.78, 5) is 22.8. The van der Waals surface area contributed by atoms with Crippen molar-refractivity contribution in [1.29, 1.82) is 0 Å². The van der Waals surface area contributed by atoms with Crippen molar-refractivity contribution in [2.45, 2.75) is 39.2 Å². The third-order valence-electron chi connectivity index (χ3n) is 4.26. The van der Waals surface area contributed by atoms with E-state index in [-0.39, 0.29) is 5.91 Å². The lowest BCUT2D eigenvalue weighted by Gasteiger charge is -2.09. The van der Waals surface area contributed by atoms with Crippen molar-refractivity contribution < 1.29 is 19.1 Å². The number of benzene rings is 2. The van der Waals surface area contributed by atoms with Crippen LogP contribution in [0.1, 0.15) is 47.2 Å². The van der Waals surface area contributed by atoms with Crippen LogP contribution >= 0.6 is 0 Å². The van der Waals surface area contributed by atoms with Gasteiger partial charge in [-0.2, -0.15) is 0 Å². The molecule has 2 aromatic rings. The van der Waals surface area contributed by atoms with Crippen LogP contribution in [0.5, 0.6) is 11.5 Å². The van der Waals surface area contributed by atoms with Gasteiger partial charge in [-0.15, -0.1) is 0 Å². The fourth-order valence-corrected chi connectivity index (χ4v) is 2.63. The zero-order chi connectivity index (χ0) is 19.5. The third kappa shape index (κ3) is 7.13. The summed E-state index contributed by atoms with van der Waals surface area (Å²) >= 11 is 0. The van der Waals surface area contributed by atoms with E-state index in [0.717, 1.165) is 31.1 Å². The second-order valence-corrected chi connectivity index (χ2v) is 6.44. The van der Waals surface area contributed by atoms with Crippen LogP contribution in [-0.4, -0.2) is 25.9 Å². The van der Waals surface area contributed by atoms with Gasteiger partial charge in [0.1, 0.15) is 11.5 Å². The van der Waals surface area contributed by atoms with Crippen LogP contribution in [-0.2, 0) is 11.3 Å². The highest BCUT2D eigenvalue weighted by Crippen LogP contribution is 2.23. The van der Waals surface area contributed by atoms with E-state index in [9.17, 15) is 9.59 Å². The molecule has 0 radical (unpaired) electrons. The van der Waals surface area contributed by atoms with Crippen LogP contribution in [0.3, 0.4) is 0 Å². The molecule has 1 N–H and O–H groups in total. The molecular formula is C22H27NO4. The number of carbonyl (C=O) groups is 2. The lowest BCUT2D eigenvalue weighted by molar-refractivity contribution is -0.121. The first-order valence-corrected chi connectivity index (χ1v) is 9.20. The summed E-state index contributed by atoms with van der Waals surface area (Å²) in [5, 5.41) is 2.95. The minimum atomic E-state index is 0.0747. The number of aryl methyl sites for hydroxylation is 1. The van der Waals surface area contributed by atoms with E-state index in [1.54, 1.807) is 18.2 Å². The number of amides is 1. The number of ether oxygens (including phenoxy) is 2. The first-order valence-electron chi connectivity index (χ1n) is 9.20. The molecule has 5 nitrogen and oxygen atoms in total. The van der Waals surface area contributed by atoms with Gasteiger partial charge in [0, 0.05) is 19.0 Å². The molecule has 0 aliphatic heterocycles. The second-order valence-electron chi connectivity index (χ2n) is 6.44. The Hall–Kier alpha value is -2.82. The molecule has 0 atom stereocenters. The van der Waals surface area contributed by atoms with Crippen molar-refractivity contribution in [3.05, 3.63) is 59.2 Å². The van der Waals surface area contributed by atoms with Crippen molar-refractivity contribution in [3.63, 3.8) is 0 Å². The van der Waals surface area contributed by atoms with Crippen molar-refractivity contribution >= 4 is 12.2 Å². The zero-order valence-corrected chi connectivity index (χ0v) is 16.0. The molecule has 0 aliphatic carbocycles. The quantitative estimate of drug-likeness (QED) is 0.479. The molecule has 0 bridgehead atoms. The predicted octanol–water partition coefficient (Wildman–Crippen LogP) is 4.07. The number of rotatable bonds is 11. The van der Waals surface area contributed by atoms with E-state index in [2.05, 4.69) is 5.32 Å². The second kappa shape index (κ2) is 11.0. The predicted molar refractivity (Wildman–Crippen MR) is 105 cm³/mol. The van der Waals surface area contributed by atoms with E-state index in [1.807, 2.05) is 31.2 Å². The summed E-state index contributed by atoms with van der Waals surface area (Å²) in [6, 6.07) is 13.3. The van der Waals surface area contributed by atoms with Crippen LogP contribution in [0.15, 0.2) is 42.5 Å². The van der Waals surface area contributed by atoms with Crippen LogP contribution < -0.4 is 14.8 Å². The smallest absolute Gasteiger partial charge is 0.220 e. The molecule has 2 aromatic carbocycles. The maximum Gasteiger partial charge on any atom is 0.220 e. The normalized spacial score (nSPS) is 10.3. The van der Waals surface area contributed by atoms with E-state index in [0.29, 0.717) is 36.6 Å². The molecule has 0 saturated heterocycles. The first-order chi connectivity index (χ1) is 13.1. The Kier molecular flexibility index (Phi) is 8.36. The molecule has 0 saturated carbocycles. The number of nitrogens with one attached hydrogen (secondary N) is 1. The summed E-state index contributed by atoms with van der Waals surface area (Å²) in [5.41, 5.74) is 2.82. The van der Waals surface area contributed by atoms with Crippen LogP contribution in [0.2, 0.25) is 0 Å². The topological polar surface area (TPSA) is 64.6 Å². The standard InChI is InChI=1S/C22H27NO4/c1-17-7-9-18(10-8-17)15-23-22(25)6-4-3-5-13-27-20-12-11-19(16-24)21(14-20)26-2/h7-12,14,16H,3-6,13,15H2,1-2H3,(H,23,25). The van der Waals surface area contributed by atoms with Crippen molar-refractivity contribution in [2.75, 3.05) is 13.7 Å². The van der Waals surface area contributed by atoms with Crippen LogP contribution in [0.25, 0.3) is 0 Å². The summed E-state index contributed by atoms with van der Waals surface area (Å²) in [7, 11) is 1.52. The van der Waals surface area contributed by atoms with Crippen LogP contribution in [0, 0.1) is 6.92 Å². The summed E-state index contributed by atoms with van der Waals surface area (Å²) in [5.74, 6) is 1.26. The highest BCUT2D eigenvalue weighted by Gasteiger charge is 2.05. The lowest BCUT2D eigenvalue weighted by Crippen LogP contribution is -2.22. The molecule has 0 unspecified atom stereocenters. The molecule has 1 amide bonds. The molecule has 144 valence electrons. The number of methoxy groups -OCH3 is 1. The highest BCUT2D eigenvalue weighted by molar-refractivity contribution is 5.79.